The van der Waals surface area contributed by atoms with E-state index in [-0.39, 0.29) is 5.91 Å². The standard InChI is InChI=1S/C20H28N6O2/c1-4-21-20(22-9-8-16-6-5-7-18(12-16)28-3)25-10-11-26(19(27)15-25)17-13-23-24(2)14-17/h5-7,12-14H,4,8-11,15H2,1-3H3,(H,21,22). The summed E-state index contributed by atoms with van der Waals surface area (Å²) >= 11 is 0. The lowest BCUT2D eigenvalue weighted by Crippen LogP contribution is -2.55. The molecule has 1 aliphatic heterocycles. The first-order chi connectivity index (χ1) is 13.6. The number of anilines is 1. The number of hydrogen-bond donors (Lipinski definition) is 1. The zero-order valence-corrected chi connectivity index (χ0v) is 16.8. The normalized spacial score (nSPS) is 15.1. The fourth-order valence-electron chi connectivity index (χ4n) is 3.22. The van der Waals surface area contributed by atoms with Gasteiger partial charge in [0.05, 0.1) is 19.0 Å². The third-order valence-electron chi connectivity index (χ3n) is 4.65. The summed E-state index contributed by atoms with van der Waals surface area (Å²) < 4.78 is 6.98. The molecule has 1 fully saturated rings. The smallest absolute Gasteiger partial charge is 0.246 e. The minimum atomic E-state index is 0.0534. The SMILES string of the molecule is CCNC(=NCCc1cccc(OC)c1)N1CCN(c2cnn(C)c2)C(=O)C1. The largest absolute Gasteiger partial charge is 0.497 e. The van der Waals surface area contributed by atoms with Crippen molar-refractivity contribution < 1.29 is 9.53 Å². The molecule has 0 bridgehead atoms. The number of aromatic nitrogens is 2. The minimum absolute atomic E-state index is 0.0534. The second-order valence-electron chi connectivity index (χ2n) is 6.68. The number of rotatable bonds is 6. The Labute approximate surface area is 165 Å². The highest BCUT2D eigenvalue weighted by Crippen LogP contribution is 2.16. The number of nitrogens with zero attached hydrogens (tertiary/aromatic N) is 5. The second-order valence-corrected chi connectivity index (χ2v) is 6.68. The van der Waals surface area contributed by atoms with Crippen LogP contribution in [0.5, 0.6) is 5.75 Å². The average Bonchev–Trinajstić information content (AvgIpc) is 3.13. The third kappa shape index (κ3) is 4.82. The fourth-order valence-corrected chi connectivity index (χ4v) is 3.22. The van der Waals surface area contributed by atoms with Crippen LogP contribution in [0.4, 0.5) is 5.69 Å². The summed E-state index contributed by atoms with van der Waals surface area (Å²) in [5.74, 6) is 1.69. The van der Waals surface area contributed by atoms with Gasteiger partial charge in [-0.15, -0.1) is 0 Å². The maximum absolute atomic E-state index is 12.6. The molecule has 1 amide bonds. The second kappa shape index (κ2) is 9.25. The summed E-state index contributed by atoms with van der Waals surface area (Å²) in [7, 11) is 3.52. The molecule has 0 atom stereocenters. The Hall–Kier alpha value is -3.03. The van der Waals surface area contributed by atoms with Crippen molar-refractivity contribution in [1.29, 1.82) is 0 Å². The molecular weight excluding hydrogens is 356 g/mol. The van der Waals surface area contributed by atoms with Gasteiger partial charge >= 0.3 is 0 Å². The molecule has 0 radical (unpaired) electrons. The van der Waals surface area contributed by atoms with Crippen LogP contribution in [-0.4, -0.2) is 66.4 Å². The quantitative estimate of drug-likeness (QED) is 0.600. The van der Waals surface area contributed by atoms with Crippen molar-refractivity contribution in [2.24, 2.45) is 12.0 Å². The number of hydrogen-bond acceptors (Lipinski definition) is 4. The molecule has 0 unspecified atom stereocenters. The number of nitrogens with one attached hydrogen (secondary N) is 1. The molecule has 1 aromatic heterocycles. The van der Waals surface area contributed by atoms with Crippen molar-refractivity contribution in [3.63, 3.8) is 0 Å². The zero-order valence-electron chi connectivity index (χ0n) is 16.8. The van der Waals surface area contributed by atoms with Gasteiger partial charge in [-0.25, -0.2) is 0 Å². The van der Waals surface area contributed by atoms with Crippen molar-refractivity contribution in [3.05, 3.63) is 42.2 Å². The molecule has 28 heavy (non-hydrogen) atoms. The topological polar surface area (TPSA) is 75.0 Å². The van der Waals surface area contributed by atoms with E-state index in [1.54, 1.807) is 22.9 Å². The Morgan fingerprint density at radius 3 is 2.89 bits per heavy atom. The summed E-state index contributed by atoms with van der Waals surface area (Å²) in [6, 6.07) is 8.02. The van der Waals surface area contributed by atoms with E-state index in [2.05, 4.69) is 16.5 Å². The highest BCUT2D eigenvalue weighted by molar-refractivity contribution is 5.98. The number of guanidine groups is 1. The van der Waals surface area contributed by atoms with E-state index >= 15 is 0 Å². The molecule has 8 nitrogen and oxygen atoms in total. The van der Waals surface area contributed by atoms with Gasteiger partial charge in [0.2, 0.25) is 5.91 Å². The van der Waals surface area contributed by atoms with Gasteiger partial charge in [0.25, 0.3) is 0 Å². The number of methoxy groups -OCH3 is 1. The van der Waals surface area contributed by atoms with E-state index in [4.69, 9.17) is 9.73 Å². The molecule has 0 saturated carbocycles. The Morgan fingerprint density at radius 2 is 2.21 bits per heavy atom. The monoisotopic (exact) mass is 384 g/mol. The average molecular weight is 384 g/mol. The van der Waals surface area contributed by atoms with Crippen LogP contribution in [0.15, 0.2) is 41.7 Å². The first-order valence-electron chi connectivity index (χ1n) is 9.56. The number of aryl methyl sites for hydroxylation is 1. The molecule has 3 rings (SSSR count). The fraction of sp³-hybridized carbons (Fsp3) is 0.450. The molecule has 150 valence electrons. The summed E-state index contributed by atoms with van der Waals surface area (Å²) in [4.78, 5) is 21.2. The van der Waals surface area contributed by atoms with Crippen LogP contribution < -0.4 is 15.0 Å². The van der Waals surface area contributed by atoms with Crippen LogP contribution in [0.25, 0.3) is 0 Å². The number of ether oxygens (including phenoxy) is 1. The number of aliphatic imine (C=N–C) groups is 1. The summed E-state index contributed by atoms with van der Waals surface area (Å²) in [5.41, 5.74) is 2.02. The Bertz CT molecular complexity index is 832. The first kappa shape index (κ1) is 19.7. The van der Waals surface area contributed by atoms with E-state index in [1.807, 2.05) is 43.3 Å². The van der Waals surface area contributed by atoms with E-state index < -0.39 is 0 Å². The molecule has 1 saturated heterocycles. The Kier molecular flexibility index (Phi) is 6.52. The van der Waals surface area contributed by atoms with Crippen molar-refractivity contribution in [3.8, 4) is 5.75 Å². The van der Waals surface area contributed by atoms with Gasteiger partial charge in [0.15, 0.2) is 5.96 Å². The van der Waals surface area contributed by atoms with Gasteiger partial charge in [-0.3, -0.25) is 14.5 Å². The minimum Gasteiger partial charge on any atom is -0.497 e. The van der Waals surface area contributed by atoms with Crippen molar-refractivity contribution in [2.45, 2.75) is 13.3 Å². The van der Waals surface area contributed by atoms with Crippen molar-refractivity contribution >= 4 is 17.6 Å². The molecular formula is C20H28N6O2. The maximum atomic E-state index is 12.6. The van der Waals surface area contributed by atoms with Crippen molar-refractivity contribution in [2.75, 3.05) is 44.7 Å². The Morgan fingerprint density at radius 1 is 1.36 bits per heavy atom. The highest BCUT2D eigenvalue weighted by atomic mass is 16.5. The zero-order chi connectivity index (χ0) is 19.9. The van der Waals surface area contributed by atoms with Gasteiger partial charge in [0.1, 0.15) is 12.3 Å². The molecule has 8 heteroatoms. The maximum Gasteiger partial charge on any atom is 0.246 e. The summed E-state index contributed by atoms with van der Waals surface area (Å²) in [5, 5.41) is 7.46. The molecule has 2 heterocycles. The lowest BCUT2D eigenvalue weighted by Gasteiger charge is -2.35. The lowest BCUT2D eigenvalue weighted by atomic mass is 10.1. The van der Waals surface area contributed by atoms with Gasteiger partial charge < -0.3 is 19.9 Å². The number of amides is 1. The van der Waals surface area contributed by atoms with Crippen LogP contribution in [0, 0.1) is 0 Å². The van der Waals surface area contributed by atoms with E-state index in [1.165, 1.54) is 5.56 Å². The van der Waals surface area contributed by atoms with E-state index in [0.29, 0.717) is 19.6 Å². The number of benzene rings is 1. The summed E-state index contributed by atoms with van der Waals surface area (Å²) in [6.07, 6.45) is 4.40. The van der Waals surface area contributed by atoms with Gasteiger partial charge in [-0.2, -0.15) is 5.10 Å². The highest BCUT2D eigenvalue weighted by Gasteiger charge is 2.27. The molecule has 0 spiro atoms. The lowest BCUT2D eigenvalue weighted by molar-refractivity contribution is -0.120. The molecule has 1 aromatic carbocycles. The van der Waals surface area contributed by atoms with Crippen LogP contribution in [0.2, 0.25) is 0 Å². The van der Waals surface area contributed by atoms with Gasteiger partial charge in [-0.05, 0) is 31.0 Å². The van der Waals surface area contributed by atoms with Crippen molar-refractivity contribution in [1.82, 2.24) is 20.0 Å². The number of piperazine rings is 1. The van der Waals surface area contributed by atoms with Gasteiger partial charge in [-0.1, -0.05) is 12.1 Å². The predicted molar refractivity (Wildman–Crippen MR) is 110 cm³/mol. The van der Waals surface area contributed by atoms with Crippen LogP contribution >= 0.6 is 0 Å². The molecule has 1 aliphatic rings. The van der Waals surface area contributed by atoms with Crippen LogP contribution in [0.1, 0.15) is 12.5 Å². The predicted octanol–water partition coefficient (Wildman–Crippen LogP) is 1.29. The summed E-state index contributed by atoms with van der Waals surface area (Å²) in [6.45, 7) is 5.09. The van der Waals surface area contributed by atoms with E-state index in [9.17, 15) is 4.79 Å². The number of carbonyl (C=O) groups is 1. The van der Waals surface area contributed by atoms with Gasteiger partial charge in [0, 0.05) is 39.4 Å². The van der Waals surface area contributed by atoms with Crippen LogP contribution in [0.3, 0.4) is 0 Å². The molecule has 1 N–H and O–H groups in total. The number of carbonyl (C=O) groups excluding carboxylic acids is 1. The Balaban J connectivity index is 1.61. The molecule has 0 aliphatic carbocycles. The van der Waals surface area contributed by atoms with E-state index in [0.717, 1.165) is 36.9 Å². The first-order valence-corrected chi connectivity index (χ1v) is 9.56. The molecule has 2 aromatic rings. The van der Waals surface area contributed by atoms with Crippen LogP contribution in [-0.2, 0) is 18.3 Å². The third-order valence-corrected chi connectivity index (χ3v) is 4.65.